The topological polar surface area (TPSA) is 194 Å². The maximum absolute atomic E-state index is 14.2. The molecular weight excluding hydrogens is 545 g/mol. The molecule has 0 aromatic heterocycles. The van der Waals surface area contributed by atoms with Gasteiger partial charge in [0.25, 0.3) is 0 Å². The number of carbonyl (C=O) groups excluding carboxylic acids is 2. The molecule has 0 aromatic carbocycles. The fourth-order valence-corrected chi connectivity index (χ4v) is 6.23. The van der Waals surface area contributed by atoms with Crippen molar-refractivity contribution < 1.29 is 43.1 Å². The molecule has 15 heteroatoms. The lowest BCUT2D eigenvalue weighted by atomic mass is 9.96. The van der Waals surface area contributed by atoms with Crippen LogP contribution in [-0.2, 0) is 32.9 Å². The highest BCUT2D eigenvalue weighted by molar-refractivity contribution is 7.54. The molecule has 3 unspecified atom stereocenters. The third kappa shape index (κ3) is 8.59. The summed E-state index contributed by atoms with van der Waals surface area (Å²) in [7, 11) is -1.82. The van der Waals surface area contributed by atoms with Gasteiger partial charge in [-0.2, -0.15) is 0 Å². The number of ether oxygens (including phenoxy) is 3. The van der Waals surface area contributed by atoms with Crippen molar-refractivity contribution in [3.05, 3.63) is 24.7 Å². The van der Waals surface area contributed by atoms with E-state index in [4.69, 9.17) is 24.5 Å². The van der Waals surface area contributed by atoms with Crippen LogP contribution < -0.4 is 15.9 Å². The minimum absolute atomic E-state index is 0.00959. The first-order chi connectivity index (χ1) is 18.5. The smallest absolute Gasteiger partial charge is 0.342 e. The summed E-state index contributed by atoms with van der Waals surface area (Å²) in [4.78, 5) is 30.5. The SMILES string of the molecule is C=C1N=C(N)C=CN1[C@@H]1O[C@H](COP(=O)(NC(CC(C)C)C(=O)OC)NC(CC(C)C)C(=O)OC)[C@H](O)C1(C)O. The Morgan fingerprint density at radius 1 is 1.18 bits per heavy atom. The normalized spacial score (nSPS) is 27.9. The van der Waals surface area contributed by atoms with Crippen molar-refractivity contribution in [3.63, 3.8) is 0 Å². The van der Waals surface area contributed by atoms with E-state index in [1.807, 2.05) is 27.7 Å². The molecule has 6 atom stereocenters. The first-order valence-electron chi connectivity index (χ1n) is 13.1. The number of nitrogens with zero attached hydrogens (tertiary/aromatic N) is 2. The molecule has 0 aromatic rings. The molecule has 0 saturated carbocycles. The molecule has 2 aliphatic heterocycles. The van der Waals surface area contributed by atoms with Gasteiger partial charge >= 0.3 is 19.6 Å². The van der Waals surface area contributed by atoms with Crippen LogP contribution in [0.15, 0.2) is 29.7 Å². The summed E-state index contributed by atoms with van der Waals surface area (Å²) in [6, 6.07) is -2.09. The number of carbonyl (C=O) groups is 2. The predicted molar refractivity (Wildman–Crippen MR) is 147 cm³/mol. The van der Waals surface area contributed by atoms with E-state index < -0.39 is 62.3 Å². The van der Waals surface area contributed by atoms with E-state index in [0.29, 0.717) is 0 Å². The van der Waals surface area contributed by atoms with Crippen molar-refractivity contribution in [1.29, 1.82) is 0 Å². The average Bonchev–Trinajstić information content (AvgIpc) is 3.08. The third-order valence-corrected chi connectivity index (χ3v) is 8.24. The lowest BCUT2D eigenvalue weighted by Gasteiger charge is -2.35. The van der Waals surface area contributed by atoms with Gasteiger partial charge in [0, 0.05) is 6.20 Å². The van der Waals surface area contributed by atoms with Crippen LogP contribution >= 0.6 is 7.67 Å². The first-order valence-corrected chi connectivity index (χ1v) is 14.7. The maximum atomic E-state index is 14.2. The van der Waals surface area contributed by atoms with E-state index >= 15 is 0 Å². The molecule has 1 fully saturated rings. The van der Waals surface area contributed by atoms with Gasteiger partial charge in [-0.15, -0.1) is 0 Å². The van der Waals surface area contributed by atoms with Crippen molar-refractivity contribution in [2.75, 3.05) is 20.8 Å². The van der Waals surface area contributed by atoms with Gasteiger partial charge in [0.2, 0.25) is 0 Å². The molecular formula is C25H44N5O9P. The largest absolute Gasteiger partial charge is 0.468 e. The maximum Gasteiger partial charge on any atom is 0.342 e. The molecule has 0 aliphatic carbocycles. The molecule has 2 rings (SSSR count). The van der Waals surface area contributed by atoms with Crippen LogP contribution in [0, 0.1) is 11.8 Å². The summed E-state index contributed by atoms with van der Waals surface area (Å²) in [5.41, 5.74) is 3.87. The number of aliphatic hydroxyl groups excluding tert-OH is 1. The molecule has 1 saturated heterocycles. The van der Waals surface area contributed by atoms with Gasteiger partial charge in [-0.1, -0.05) is 34.3 Å². The Bertz CT molecular complexity index is 996. The number of nitrogens with one attached hydrogen (secondary N) is 2. The highest BCUT2D eigenvalue weighted by Crippen LogP contribution is 2.43. The molecule has 40 heavy (non-hydrogen) atoms. The van der Waals surface area contributed by atoms with Gasteiger partial charge in [-0.3, -0.25) is 14.2 Å². The number of aliphatic hydroxyl groups is 2. The Morgan fingerprint density at radius 3 is 2.10 bits per heavy atom. The van der Waals surface area contributed by atoms with Crippen molar-refractivity contribution in [3.8, 4) is 0 Å². The second kappa shape index (κ2) is 14.0. The summed E-state index contributed by atoms with van der Waals surface area (Å²) in [5, 5.41) is 27.5. The van der Waals surface area contributed by atoms with Crippen LogP contribution in [0.4, 0.5) is 0 Å². The molecule has 2 aliphatic rings. The first kappa shape index (κ1) is 33.9. The van der Waals surface area contributed by atoms with E-state index in [1.54, 1.807) is 0 Å². The molecule has 228 valence electrons. The summed E-state index contributed by atoms with van der Waals surface area (Å²) in [6.07, 6.45) is -0.310. The van der Waals surface area contributed by atoms with Gasteiger partial charge in [-0.25, -0.2) is 15.2 Å². The molecule has 0 amide bonds. The quantitative estimate of drug-likeness (QED) is 0.142. The summed E-state index contributed by atoms with van der Waals surface area (Å²) in [6.45, 7) is 12.2. The Kier molecular flexibility index (Phi) is 11.9. The number of hydrogen-bond donors (Lipinski definition) is 5. The second-order valence-corrected chi connectivity index (χ2v) is 12.8. The van der Waals surface area contributed by atoms with E-state index in [1.165, 1.54) is 38.3 Å². The average molecular weight is 590 g/mol. The Labute approximate surface area is 235 Å². The van der Waals surface area contributed by atoms with Crippen LogP contribution in [-0.4, -0.2) is 89.8 Å². The van der Waals surface area contributed by atoms with Crippen LogP contribution in [0.5, 0.6) is 0 Å². The number of aliphatic imine (C=N–C) groups is 1. The second-order valence-electron chi connectivity index (χ2n) is 10.9. The monoisotopic (exact) mass is 589 g/mol. The zero-order valence-electron chi connectivity index (χ0n) is 24.2. The minimum Gasteiger partial charge on any atom is -0.468 e. The van der Waals surface area contributed by atoms with Crippen LogP contribution in [0.25, 0.3) is 0 Å². The zero-order valence-corrected chi connectivity index (χ0v) is 25.1. The number of methoxy groups -OCH3 is 2. The third-order valence-electron chi connectivity index (χ3n) is 6.43. The lowest BCUT2D eigenvalue weighted by molar-refractivity contribution is -0.143. The van der Waals surface area contributed by atoms with E-state index in [9.17, 15) is 24.4 Å². The van der Waals surface area contributed by atoms with Gasteiger partial charge in [0.05, 0.1) is 20.8 Å². The highest BCUT2D eigenvalue weighted by Gasteiger charge is 2.55. The molecule has 14 nitrogen and oxygen atoms in total. The van der Waals surface area contributed by atoms with E-state index in [2.05, 4.69) is 21.7 Å². The van der Waals surface area contributed by atoms with Crippen molar-refractivity contribution in [2.45, 2.75) is 83.6 Å². The molecule has 2 heterocycles. The van der Waals surface area contributed by atoms with Gasteiger partial charge in [0.1, 0.15) is 41.5 Å². The Morgan fingerprint density at radius 2 is 1.68 bits per heavy atom. The number of amidine groups is 1. The van der Waals surface area contributed by atoms with Crippen LogP contribution in [0.2, 0.25) is 0 Å². The fraction of sp³-hybridized carbons (Fsp3) is 0.720. The lowest BCUT2D eigenvalue weighted by Crippen LogP contribution is -2.51. The van der Waals surface area contributed by atoms with E-state index in [-0.39, 0.29) is 36.3 Å². The van der Waals surface area contributed by atoms with Gasteiger partial charge in [-0.05, 0) is 37.7 Å². The number of hydrogen-bond acceptors (Lipinski definition) is 12. The van der Waals surface area contributed by atoms with Gasteiger partial charge < -0.3 is 39.6 Å². The zero-order chi connectivity index (χ0) is 30.4. The van der Waals surface area contributed by atoms with Crippen LogP contribution in [0.1, 0.15) is 47.5 Å². The van der Waals surface area contributed by atoms with Crippen LogP contribution in [0.3, 0.4) is 0 Å². The summed E-state index contributed by atoms with van der Waals surface area (Å²) in [5.74, 6) is -0.940. The number of esters is 2. The Hall–Kier alpha value is -2.32. The van der Waals surface area contributed by atoms with Gasteiger partial charge in [0.15, 0.2) is 6.23 Å². The molecule has 0 radical (unpaired) electrons. The van der Waals surface area contributed by atoms with Crippen molar-refractivity contribution in [2.24, 2.45) is 22.6 Å². The number of nitrogens with two attached hydrogens (primary N) is 1. The molecule has 0 spiro atoms. The van der Waals surface area contributed by atoms with Crippen molar-refractivity contribution in [1.82, 2.24) is 15.1 Å². The fourth-order valence-electron chi connectivity index (χ4n) is 4.41. The number of rotatable bonds is 14. The molecule has 0 bridgehead atoms. The Balaban J connectivity index is 2.33. The minimum atomic E-state index is -4.23. The summed E-state index contributed by atoms with van der Waals surface area (Å²) < 4.78 is 35.7. The van der Waals surface area contributed by atoms with Crippen molar-refractivity contribution >= 4 is 25.4 Å². The highest BCUT2D eigenvalue weighted by atomic mass is 31.2. The predicted octanol–water partition coefficient (Wildman–Crippen LogP) is 0.960. The standard InChI is InChI=1S/C25H44N5O9P/c1-14(2)11-17(22(32)36-7)28-40(35,29-18(12-15(3)4)23(33)37-8)38-13-19-21(31)25(6,34)24(39-19)30-10-9-20(26)27-16(30)5/h9-10,14-15,17-19,21,24,31,34H,5,11-13H2,1-4,6-8H3,(H2,26,27)(H2,28,29,35)/t17?,18?,19-,21+,24-,25?,40?/m1/s1. The summed E-state index contributed by atoms with van der Waals surface area (Å²) >= 11 is 0. The van der Waals surface area contributed by atoms with E-state index in [0.717, 1.165) is 0 Å². The molecule has 6 N–H and O–H groups in total.